The Morgan fingerprint density at radius 3 is 2.32 bits per heavy atom. The van der Waals surface area contributed by atoms with Gasteiger partial charge in [0.05, 0.1) is 6.61 Å². The number of carboxylic acids is 2. The number of anilines is 1. The summed E-state index contributed by atoms with van der Waals surface area (Å²) in [4.78, 5) is 37.0. The first-order chi connectivity index (χ1) is 11.9. The number of aromatic carboxylic acids is 2. The fraction of sp³-hybridized carbons (Fsp3) is 0.188. The third-order valence-corrected chi connectivity index (χ3v) is 3.65. The average molecular weight is 346 g/mol. The van der Waals surface area contributed by atoms with Crippen molar-refractivity contribution in [3.63, 3.8) is 0 Å². The van der Waals surface area contributed by atoms with Crippen molar-refractivity contribution in [1.82, 2.24) is 4.98 Å². The molecule has 1 aliphatic rings. The summed E-state index contributed by atoms with van der Waals surface area (Å²) in [5.41, 5.74) is 3.41. The Hall–Kier alpha value is -3.33. The molecule has 5 N–H and O–H groups in total. The first-order valence-corrected chi connectivity index (χ1v) is 7.25. The number of nitrogens with two attached hydrogens (primary N) is 1. The molecule has 1 unspecified atom stereocenters. The third kappa shape index (κ3) is 3.31. The largest absolute Gasteiger partial charge is 0.491 e. The summed E-state index contributed by atoms with van der Waals surface area (Å²) in [5, 5.41) is 18.7. The molecule has 1 aliphatic heterocycles. The Morgan fingerprint density at radius 2 is 1.80 bits per heavy atom. The Kier molecular flexibility index (Phi) is 4.15. The van der Waals surface area contributed by atoms with Crippen LogP contribution in [0.3, 0.4) is 0 Å². The van der Waals surface area contributed by atoms with Gasteiger partial charge in [-0.05, 0) is 17.7 Å². The first-order valence-electron chi connectivity index (χ1n) is 7.25. The van der Waals surface area contributed by atoms with E-state index in [0.717, 1.165) is 0 Å². The lowest BCUT2D eigenvalue weighted by atomic mass is 9.95. The van der Waals surface area contributed by atoms with Crippen molar-refractivity contribution in [3.8, 4) is 16.9 Å². The molecule has 0 aliphatic carbocycles. The SMILES string of the molecule is Nc1[nH]c(=O)c(C(=O)O)c(-c2ccc(OCC3CO3)cc2)c1C(=O)O. The zero-order valence-electron chi connectivity index (χ0n) is 12.8. The number of ether oxygens (including phenoxy) is 2. The van der Waals surface area contributed by atoms with Gasteiger partial charge >= 0.3 is 11.9 Å². The Morgan fingerprint density at radius 1 is 1.20 bits per heavy atom. The van der Waals surface area contributed by atoms with Gasteiger partial charge in [-0.25, -0.2) is 9.59 Å². The minimum absolute atomic E-state index is 0.0735. The second-order valence-electron chi connectivity index (χ2n) is 5.39. The molecule has 0 saturated carbocycles. The predicted octanol–water partition coefficient (Wildman–Crippen LogP) is 0.798. The van der Waals surface area contributed by atoms with Crippen LogP contribution >= 0.6 is 0 Å². The number of carbonyl (C=O) groups is 2. The quantitative estimate of drug-likeness (QED) is 0.560. The maximum Gasteiger partial charge on any atom is 0.342 e. The summed E-state index contributed by atoms with van der Waals surface area (Å²) >= 11 is 0. The van der Waals surface area contributed by atoms with Crippen LogP contribution in [0.25, 0.3) is 11.1 Å². The van der Waals surface area contributed by atoms with Crippen LogP contribution in [0.4, 0.5) is 5.82 Å². The van der Waals surface area contributed by atoms with Crippen LogP contribution < -0.4 is 16.0 Å². The Balaban J connectivity index is 2.09. The molecule has 2 aromatic rings. The number of nitrogens with one attached hydrogen (secondary N) is 1. The zero-order valence-corrected chi connectivity index (χ0v) is 12.8. The number of aromatic amines is 1. The fourth-order valence-electron chi connectivity index (χ4n) is 2.41. The van der Waals surface area contributed by atoms with Gasteiger partial charge in [0.15, 0.2) is 0 Å². The lowest BCUT2D eigenvalue weighted by Gasteiger charge is -2.12. The van der Waals surface area contributed by atoms with E-state index in [4.69, 9.17) is 15.2 Å². The molecule has 9 nitrogen and oxygen atoms in total. The van der Waals surface area contributed by atoms with Crippen LogP contribution in [0.5, 0.6) is 5.75 Å². The van der Waals surface area contributed by atoms with Crippen molar-refractivity contribution >= 4 is 17.8 Å². The number of benzene rings is 1. The topological polar surface area (TPSA) is 155 Å². The predicted molar refractivity (Wildman–Crippen MR) is 86.1 cm³/mol. The maximum atomic E-state index is 12.0. The fourth-order valence-corrected chi connectivity index (χ4v) is 2.41. The standard InChI is InChI=1S/C16H14N2O7/c17-13-11(15(20)21)10(12(16(22)23)14(19)18-13)7-1-3-8(4-2-7)24-5-9-6-25-9/h1-4,9H,5-6H2,(H,20,21)(H,22,23)(H3,17,18,19). The van der Waals surface area contributed by atoms with Crippen LogP contribution in [-0.2, 0) is 4.74 Å². The van der Waals surface area contributed by atoms with E-state index in [9.17, 15) is 24.6 Å². The van der Waals surface area contributed by atoms with Gasteiger partial charge < -0.3 is 30.4 Å². The minimum Gasteiger partial charge on any atom is -0.491 e. The molecule has 0 radical (unpaired) electrons. The van der Waals surface area contributed by atoms with Crippen molar-refractivity contribution in [2.24, 2.45) is 0 Å². The molecule has 130 valence electrons. The van der Waals surface area contributed by atoms with E-state index in [2.05, 4.69) is 4.98 Å². The molecular formula is C16H14N2O7. The smallest absolute Gasteiger partial charge is 0.342 e. The Labute approximate surface area is 140 Å². The second-order valence-corrected chi connectivity index (χ2v) is 5.39. The molecule has 1 atom stereocenters. The number of H-pyrrole nitrogens is 1. The summed E-state index contributed by atoms with van der Waals surface area (Å²) in [6.45, 7) is 1.03. The molecule has 0 amide bonds. The van der Waals surface area contributed by atoms with E-state index in [1.54, 1.807) is 12.1 Å². The average Bonchev–Trinajstić information content (AvgIpc) is 3.36. The van der Waals surface area contributed by atoms with Crippen molar-refractivity contribution in [2.45, 2.75) is 6.10 Å². The highest BCUT2D eigenvalue weighted by Crippen LogP contribution is 2.30. The number of aromatic nitrogens is 1. The van der Waals surface area contributed by atoms with E-state index < -0.39 is 34.4 Å². The molecule has 9 heteroatoms. The van der Waals surface area contributed by atoms with Crippen molar-refractivity contribution in [2.75, 3.05) is 18.9 Å². The highest BCUT2D eigenvalue weighted by atomic mass is 16.6. The normalized spacial score (nSPS) is 15.6. The van der Waals surface area contributed by atoms with Crippen molar-refractivity contribution in [1.29, 1.82) is 0 Å². The first kappa shape index (κ1) is 16.5. The molecule has 1 saturated heterocycles. The zero-order chi connectivity index (χ0) is 18.1. The number of rotatable bonds is 6. The number of hydrogen-bond acceptors (Lipinski definition) is 6. The number of hydrogen-bond donors (Lipinski definition) is 4. The van der Waals surface area contributed by atoms with Crippen LogP contribution in [0.15, 0.2) is 29.1 Å². The van der Waals surface area contributed by atoms with Crippen LogP contribution in [-0.4, -0.2) is 46.5 Å². The number of epoxide rings is 1. The molecule has 1 aromatic carbocycles. The minimum atomic E-state index is -1.55. The summed E-state index contributed by atoms with van der Waals surface area (Å²) in [5.74, 6) is -2.91. The van der Waals surface area contributed by atoms with E-state index in [1.807, 2.05) is 0 Å². The lowest BCUT2D eigenvalue weighted by molar-refractivity contribution is 0.0695. The van der Waals surface area contributed by atoms with Crippen LogP contribution in [0.2, 0.25) is 0 Å². The van der Waals surface area contributed by atoms with E-state index in [1.165, 1.54) is 12.1 Å². The molecular weight excluding hydrogens is 332 g/mol. The second kappa shape index (κ2) is 6.29. The monoisotopic (exact) mass is 346 g/mol. The van der Waals surface area contributed by atoms with E-state index in [-0.39, 0.29) is 17.2 Å². The summed E-state index contributed by atoms with van der Waals surface area (Å²) in [6, 6.07) is 6.03. The van der Waals surface area contributed by atoms with Gasteiger partial charge in [-0.15, -0.1) is 0 Å². The van der Waals surface area contributed by atoms with Gasteiger partial charge in [0.25, 0.3) is 5.56 Å². The van der Waals surface area contributed by atoms with E-state index in [0.29, 0.717) is 19.0 Å². The molecule has 1 aromatic heterocycles. The summed E-state index contributed by atoms with van der Waals surface area (Å²) in [6.07, 6.45) is 0.0735. The van der Waals surface area contributed by atoms with E-state index >= 15 is 0 Å². The third-order valence-electron chi connectivity index (χ3n) is 3.65. The molecule has 0 spiro atoms. The number of pyridine rings is 1. The van der Waals surface area contributed by atoms with Crippen LogP contribution in [0.1, 0.15) is 20.7 Å². The molecule has 0 bridgehead atoms. The Bertz CT molecular complexity index is 898. The lowest BCUT2D eigenvalue weighted by Crippen LogP contribution is -2.24. The van der Waals surface area contributed by atoms with Gasteiger partial charge in [0, 0.05) is 5.56 Å². The van der Waals surface area contributed by atoms with Gasteiger partial charge in [-0.3, -0.25) is 4.79 Å². The van der Waals surface area contributed by atoms with Crippen LogP contribution in [0, 0.1) is 0 Å². The molecule has 3 rings (SSSR count). The van der Waals surface area contributed by atoms with Gasteiger partial charge in [-0.2, -0.15) is 0 Å². The van der Waals surface area contributed by atoms with Crippen molar-refractivity contribution in [3.05, 3.63) is 45.7 Å². The number of carboxylic acid groups (broad SMARTS) is 2. The highest BCUT2D eigenvalue weighted by Gasteiger charge is 2.27. The number of nitrogen functional groups attached to an aromatic ring is 1. The molecule has 2 heterocycles. The van der Waals surface area contributed by atoms with Gasteiger partial charge in [-0.1, -0.05) is 12.1 Å². The van der Waals surface area contributed by atoms with Gasteiger partial charge in [0.1, 0.15) is 35.4 Å². The van der Waals surface area contributed by atoms with Gasteiger partial charge in [0.2, 0.25) is 0 Å². The highest BCUT2D eigenvalue weighted by molar-refractivity contribution is 6.07. The molecule has 25 heavy (non-hydrogen) atoms. The van der Waals surface area contributed by atoms with Crippen molar-refractivity contribution < 1.29 is 29.3 Å². The molecule has 1 fully saturated rings. The maximum absolute atomic E-state index is 12.0. The summed E-state index contributed by atoms with van der Waals surface area (Å²) in [7, 11) is 0. The summed E-state index contributed by atoms with van der Waals surface area (Å²) < 4.78 is 10.5.